The van der Waals surface area contributed by atoms with Crippen LogP contribution in [0.3, 0.4) is 0 Å². The normalized spacial score (nSPS) is 15.7. The van der Waals surface area contributed by atoms with Crippen molar-refractivity contribution in [2.75, 3.05) is 18.9 Å². The molecule has 1 aromatic rings. The quantitative estimate of drug-likeness (QED) is 0.708. The fraction of sp³-hybridized carbons (Fsp3) is 0.300. The average Bonchev–Trinajstić information content (AvgIpc) is 2.69. The van der Waals surface area contributed by atoms with Gasteiger partial charge in [0.1, 0.15) is 5.82 Å². The fourth-order valence-corrected chi connectivity index (χ4v) is 1.47. The zero-order chi connectivity index (χ0) is 10.8. The summed E-state index contributed by atoms with van der Waals surface area (Å²) in [5.41, 5.74) is 5.96. The Morgan fingerprint density at radius 2 is 2.33 bits per heavy atom. The topological polar surface area (TPSA) is 55.6 Å². The molecule has 1 amide bonds. The number of nitrogen functional groups attached to an aromatic ring is 1. The number of anilines is 1. The highest BCUT2D eigenvalue weighted by molar-refractivity contribution is 5.98. The highest BCUT2D eigenvalue weighted by Gasteiger charge is 2.22. The molecule has 4 nitrogen and oxygen atoms in total. The van der Waals surface area contributed by atoms with Crippen LogP contribution in [0.2, 0.25) is 0 Å². The Labute approximate surface area is 86.4 Å². The molecule has 1 saturated heterocycles. The zero-order valence-corrected chi connectivity index (χ0v) is 8.07. The van der Waals surface area contributed by atoms with Crippen LogP contribution in [-0.4, -0.2) is 24.1 Å². The number of hydroxylamine groups is 2. The van der Waals surface area contributed by atoms with E-state index in [1.807, 2.05) is 0 Å². The number of benzene rings is 1. The number of hydrogen-bond acceptors (Lipinski definition) is 3. The lowest BCUT2D eigenvalue weighted by Gasteiger charge is -2.14. The van der Waals surface area contributed by atoms with E-state index in [4.69, 9.17) is 10.6 Å². The summed E-state index contributed by atoms with van der Waals surface area (Å²) in [6.45, 7) is 1.09. The highest BCUT2D eigenvalue weighted by atomic mass is 19.1. The number of carbonyl (C=O) groups excluding carboxylic acids is 1. The van der Waals surface area contributed by atoms with E-state index in [0.29, 0.717) is 13.2 Å². The van der Waals surface area contributed by atoms with Crippen LogP contribution in [-0.2, 0) is 4.84 Å². The lowest BCUT2D eigenvalue weighted by atomic mass is 10.1. The maximum Gasteiger partial charge on any atom is 0.279 e. The maximum atomic E-state index is 12.8. The Morgan fingerprint density at radius 1 is 1.53 bits per heavy atom. The van der Waals surface area contributed by atoms with Gasteiger partial charge >= 0.3 is 0 Å². The molecular weight excluding hydrogens is 199 g/mol. The molecule has 0 radical (unpaired) electrons. The Bertz CT molecular complexity index is 389. The van der Waals surface area contributed by atoms with Gasteiger partial charge in [0.15, 0.2) is 0 Å². The minimum absolute atomic E-state index is 0.135. The number of nitrogens with zero attached hydrogens (tertiary/aromatic N) is 1. The van der Waals surface area contributed by atoms with Crippen LogP contribution in [0.15, 0.2) is 18.2 Å². The smallest absolute Gasteiger partial charge is 0.279 e. The van der Waals surface area contributed by atoms with Crippen molar-refractivity contribution in [1.29, 1.82) is 0 Å². The molecule has 1 heterocycles. The second-order valence-electron chi connectivity index (χ2n) is 3.33. The van der Waals surface area contributed by atoms with Gasteiger partial charge in [-0.2, -0.15) is 0 Å². The molecule has 15 heavy (non-hydrogen) atoms. The molecule has 0 unspecified atom stereocenters. The molecule has 2 rings (SSSR count). The van der Waals surface area contributed by atoms with Gasteiger partial charge in [-0.25, -0.2) is 9.45 Å². The first-order chi connectivity index (χ1) is 7.18. The summed E-state index contributed by atoms with van der Waals surface area (Å²) < 4.78 is 12.8. The molecule has 0 aliphatic carbocycles. The van der Waals surface area contributed by atoms with Crippen LogP contribution in [0.5, 0.6) is 0 Å². The van der Waals surface area contributed by atoms with Crippen LogP contribution >= 0.6 is 0 Å². The van der Waals surface area contributed by atoms with Gasteiger partial charge in [-0.15, -0.1) is 0 Å². The van der Waals surface area contributed by atoms with E-state index in [2.05, 4.69) is 0 Å². The summed E-state index contributed by atoms with van der Waals surface area (Å²) in [7, 11) is 0. The monoisotopic (exact) mass is 210 g/mol. The summed E-state index contributed by atoms with van der Waals surface area (Å²) in [6, 6.07) is 3.71. The molecule has 1 aliphatic heterocycles. The first kappa shape index (κ1) is 9.92. The number of nitrogens with two attached hydrogens (primary N) is 1. The predicted octanol–water partition coefficient (Wildman–Crippen LogP) is 1.19. The van der Waals surface area contributed by atoms with Crippen LogP contribution in [0, 0.1) is 5.82 Å². The predicted molar refractivity (Wildman–Crippen MR) is 52.4 cm³/mol. The highest BCUT2D eigenvalue weighted by Crippen LogP contribution is 2.17. The third kappa shape index (κ3) is 1.92. The van der Waals surface area contributed by atoms with Gasteiger partial charge < -0.3 is 5.73 Å². The third-order valence-electron chi connectivity index (χ3n) is 2.22. The average molecular weight is 210 g/mol. The van der Waals surface area contributed by atoms with Gasteiger partial charge in [-0.1, -0.05) is 0 Å². The second kappa shape index (κ2) is 3.86. The number of rotatable bonds is 1. The zero-order valence-electron chi connectivity index (χ0n) is 8.07. The van der Waals surface area contributed by atoms with Crippen molar-refractivity contribution in [1.82, 2.24) is 5.06 Å². The summed E-state index contributed by atoms with van der Waals surface area (Å²) in [5, 5.41) is 1.25. The summed E-state index contributed by atoms with van der Waals surface area (Å²) in [6.07, 6.45) is 0.812. The first-order valence-electron chi connectivity index (χ1n) is 4.68. The molecule has 0 bridgehead atoms. The van der Waals surface area contributed by atoms with Crippen molar-refractivity contribution in [2.24, 2.45) is 0 Å². The van der Waals surface area contributed by atoms with Crippen LogP contribution in [0.4, 0.5) is 10.1 Å². The molecule has 5 heteroatoms. The van der Waals surface area contributed by atoms with E-state index in [1.165, 1.54) is 17.2 Å². The number of halogens is 1. The first-order valence-corrected chi connectivity index (χ1v) is 4.68. The van der Waals surface area contributed by atoms with Gasteiger partial charge in [0.2, 0.25) is 0 Å². The molecule has 0 aromatic heterocycles. The summed E-state index contributed by atoms with van der Waals surface area (Å²) in [5.74, 6) is -0.767. The van der Waals surface area contributed by atoms with Gasteiger partial charge in [0, 0.05) is 5.69 Å². The van der Waals surface area contributed by atoms with Crippen molar-refractivity contribution >= 4 is 11.6 Å². The minimum Gasteiger partial charge on any atom is -0.398 e. The summed E-state index contributed by atoms with van der Waals surface area (Å²) >= 11 is 0. The molecule has 0 spiro atoms. The second-order valence-corrected chi connectivity index (χ2v) is 3.33. The Balaban J connectivity index is 2.24. The molecular formula is C10H11FN2O2. The van der Waals surface area contributed by atoms with E-state index in [1.54, 1.807) is 0 Å². The Hall–Kier alpha value is -1.62. The van der Waals surface area contributed by atoms with Crippen LogP contribution in [0.25, 0.3) is 0 Å². The minimum atomic E-state index is -0.452. The van der Waals surface area contributed by atoms with E-state index in [0.717, 1.165) is 12.5 Å². The van der Waals surface area contributed by atoms with Gasteiger partial charge in [-0.05, 0) is 24.6 Å². The van der Waals surface area contributed by atoms with Crippen LogP contribution in [0.1, 0.15) is 16.8 Å². The molecule has 0 saturated carbocycles. The third-order valence-corrected chi connectivity index (χ3v) is 2.22. The molecule has 80 valence electrons. The summed E-state index contributed by atoms with van der Waals surface area (Å²) in [4.78, 5) is 16.9. The van der Waals surface area contributed by atoms with Crippen molar-refractivity contribution < 1.29 is 14.0 Å². The van der Waals surface area contributed by atoms with E-state index in [-0.39, 0.29) is 17.2 Å². The lowest BCUT2D eigenvalue weighted by molar-refractivity contribution is -0.0767. The Morgan fingerprint density at radius 3 is 2.93 bits per heavy atom. The largest absolute Gasteiger partial charge is 0.398 e. The lowest BCUT2D eigenvalue weighted by Crippen LogP contribution is -2.27. The van der Waals surface area contributed by atoms with Crippen LogP contribution < -0.4 is 5.73 Å². The van der Waals surface area contributed by atoms with E-state index < -0.39 is 5.82 Å². The number of hydrogen-bond donors (Lipinski definition) is 1. The van der Waals surface area contributed by atoms with E-state index >= 15 is 0 Å². The van der Waals surface area contributed by atoms with Gasteiger partial charge in [-0.3, -0.25) is 9.63 Å². The maximum absolute atomic E-state index is 12.8. The van der Waals surface area contributed by atoms with Gasteiger partial charge in [0.05, 0.1) is 18.7 Å². The van der Waals surface area contributed by atoms with Crippen molar-refractivity contribution in [3.05, 3.63) is 29.6 Å². The standard InChI is InChI=1S/C10H11FN2O2/c11-7-2-3-8(9(12)6-7)10(14)13-4-1-5-15-13/h2-3,6H,1,4-5,12H2. The Kier molecular flexibility index (Phi) is 2.55. The van der Waals surface area contributed by atoms with Crippen molar-refractivity contribution in [2.45, 2.75) is 6.42 Å². The molecule has 0 atom stereocenters. The van der Waals surface area contributed by atoms with Gasteiger partial charge in [0.25, 0.3) is 5.91 Å². The van der Waals surface area contributed by atoms with Crippen molar-refractivity contribution in [3.63, 3.8) is 0 Å². The van der Waals surface area contributed by atoms with E-state index in [9.17, 15) is 9.18 Å². The molecule has 1 fully saturated rings. The molecule has 1 aliphatic rings. The molecule has 2 N–H and O–H groups in total. The SMILES string of the molecule is Nc1cc(F)ccc1C(=O)N1CCCO1. The number of amides is 1. The molecule has 1 aromatic carbocycles. The number of carbonyl (C=O) groups is 1. The van der Waals surface area contributed by atoms with Crippen molar-refractivity contribution in [3.8, 4) is 0 Å². The fourth-order valence-electron chi connectivity index (χ4n) is 1.47.